The van der Waals surface area contributed by atoms with Gasteiger partial charge in [-0.25, -0.2) is 9.97 Å². The van der Waals surface area contributed by atoms with Gasteiger partial charge in [0.05, 0.1) is 12.1 Å². The summed E-state index contributed by atoms with van der Waals surface area (Å²) in [5.41, 5.74) is 5.73. The lowest BCUT2D eigenvalue weighted by molar-refractivity contribution is 0.0949. The van der Waals surface area contributed by atoms with Crippen LogP contribution in [-0.4, -0.2) is 37.3 Å². The second kappa shape index (κ2) is 5.45. The minimum atomic E-state index is -0.280. The molecule has 1 amide bonds. The van der Waals surface area contributed by atoms with Crippen LogP contribution in [0.1, 0.15) is 16.2 Å². The number of thioether (sulfide) groups is 1. The first-order chi connectivity index (χ1) is 8.69. The van der Waals surface area contributed by atoms with Gasteiger partial charge in [-0.1, -0.05) is 11.8 Å². The van der Waals surface area contributed by atoms with Crippen LogP contribution in [0.25, 0.3) is 0 Å². The fourth-order valence-corrected chi connectivity index (χ4v) is 1.51. The van der Waals surface area contributed by atoms with Gasteiger partial charge in [-0.2, -0.15) is 4.98 Å². The van der Waals surface area contributed by atoms with Crippen molar-refractivity contribution < 1.29 is 4.79 Å². The number of carbonyl (C=O) groups excluding carboxylic acids is 1. The van der Waals surface area contributed by atoms with Crippen LogP contribution < -0.4 is 11.1 Å². The standard InChI is InChI=1S/C9H11N7OS/c1-18-9-12-2-5(3-13-9)7(17)11-4-6-14-8(10)16-15-6/h2-3H,4H2,1H3,(H,11,17)(H3,10,14,15,16). The zero-order chi connectivity index (χ0) is 13.0. The van der Waals surface area contributed by atoms with Gasteiger partial charge in [-0.3, -0.25) is 9.89 Å². The second-order valence-electron chi connectivity index (χ2n) is 3.28. The number of nitrogens with one attached hydrogen (secondary N) is 2. The first-order valence-electron chi connectivity index (χ1n) is 5.00. The topological polar surface area (TPSA) is 122 Å². The molecule has 0 radical (unpaired) electrons. The molecule has 2 aromatic heterocycles. The Morgan fingerprint density at radius 3 is 2.78 bits per heavy atom. The van der Waals surface area contributed by atoms with Crippen molar-refractivity contribution in [1.29, 1.82) is 0 Å². The molecule has 0 bridgehead atoms. The number of aromatic nitrogens is 5. The van der Waals surface area contributed by atoms with Gasteiger partial charge in [0, 0.05) is 12.4 Å². The van der Waals surface area contributed by atoms with Gasteiger partial charge in [0.15, 0.2) is 5.16 Å². The summed E-state index contributed by atoms with van der Waals surface area (Å²) in [6.07, 6.45) is 4.81. The molecule has 0 aliphatic rings. The molecule has 0 saturated heterocycles. The molecule has 0 aliphatic carbocycles. The van der Waals surface area contributed by atoms with E-state index in [0.29, 0.717) is 16.5 Å². The molecule has 0 atom stereocenters. The molecule has 2 rings (SSSR count). The highest BCUT2D eigenvalue weighted by Crippen LogP contribution is 2.06. The van der Waals surface area contributed by atoms with Gasteiger partial charge < -0.3 is 11.1 Å². The van der Waals surface area contributed by atoms with E-state index in [-0.39, 0.29) is 18.4 Å². The molecule has 18 heavy (non-hydrogen) atoms. The monoisotopic (exact) mass is 265 g/mol. The van der Waals surface area contributed by atoms with Gasteiger partial charge >= 0.3 is 0 Å². The number of nitrogens with two attached hydrogens (primary N) is 1. The Morgan fingerprint density at radius 2 is 2.22 bits per heavy atom. The van der Waals surface area contributed by atoms with Crippen LogP contribution in [0.5, 0.6) is 0 Å². The summed E-state index contributed by atoms with van der Waals surface area (Å²) in [4.78, 5) is 23.6. The van der Waals surface area contributed by atoms with Gasteiger partial charge in [0.2, 0.25) is 5.95 Å². The molecule has 4 N–H and O–H groups in total. The van der Waals surface area contributed by atoms with Crippen molar-refractivity contribution in [1.82, 2.24) is 30.5 Å². The molecule has 0 unspecified atom stereocenters. The molecule has 94 valence electrons. The Labute approximate surface area is 107 Å². The van der Waals surface area contributed by atoms with Crippen LogP contribution in [0.3, 0.4) is 0 Å². The minimum absolute atomic E-state index is 0.145. The van der Waals surface area contributed by atoms with Crippen LogP contribution in [0.2, 0.25) is 0 Å². The molecular weight excluding hydrogens is 254 g/mol. The van der Waals surface area contributed by atoms with E-state index in [1.54, 1.807) is 0 Å². The Hall–Kier alpha value is -2.16. The summed E-state index contributed by atoms with van der Waals surface area (Å²) in [6.45, 7) is 0.216. The van der Waals surface area contributed by atoms with E-state index >= 15 is 0 Å². The van der Waals surface area contributed by atoms with Crippen molar-refractivity contribution in [2.45, 2.75) is 11.7 Å². The smallest absolute Gasteiger partial charge is 0.254 e. The second-order valence-corrected chi connectivity index (χ2v) is 4.05. The highest BCUT2D eigenvalue weighted by atomic mass is 32.2. The number of nitrogens with zero attached hydrogens (tertiary/aromatic N) is 4. The van der Waals surface area contributed by atoms with Crippen LogP contribution in [-0.2, 0) is 6.54 Å². The van der Waals surface area contributed by atoms with Gasteiger partial charge in [0.25, 0.3) is 5.91 Å². The quantitative estimate of drug-likeness (QED) is 0.518. The minimum Gasteiger partial charge on any atom is -0.367 e. The number of amides is 1. The van der Waals surface area contributed by atoms with E-state index in [1.165, 1.54) is 24.2 Å². The number of carbonyl (C=O) groups is 1. The molecule has 8 nitrogen and oxygen atoms in total. The molecule has 2 aromatic rings. The van der Waals surface area contributed by atoms with E-state index in [1.807, 2.05) is 6.26 Å². The predicted molar refractivity (Wildman–Crippen MR) is 65.8 cm³/mol. The molecule has 0 spiro atoms. The zero-order valence-electron chi connectivity index (χ0n) is 9.54. The molecular formula is C9H11N7OS. The maximum absolute atomic E-state index is 11.7. The van der Waals surface area contributed by atoms with E-state index in [4.69, 9.17) is 5.73 Å². The molecule has 0 aromatic carbocycles. The maximum atomic E-state index is 11.7. The third-order valence-corrected chi connectivity index (χ3v) is 2.61. The maximum Gasteiger partial charge on any atom is 0.254 e. The molecule has 0 fully saturated rings. The van der Waals surface area contributed by atoms with E-state index < -0.39 is 0 Å². The molecule has 9 heteroatoms. The SMILES string of the molecule is CSc1ncc(C(=O)NCc2nc(N)n[nH]2)cn1. The number of hydrogen-bond donors (Lipinski definition) is 3. The fraction of sp³-hybridized carbons (Fsp3) is 0.222. The van der Waals surface area contributed by atoms with Crippen LogP contribution in [0, 0.1) is 0 Å². The number of nitrogen functional groups attached to an aromatic ring is 1. The summed E-state index contributed by atoms with van der Waals surface area (Å²) >= 11 is 1.41. The predicted octanol–water partition coefficient (Wildman–Crippen LogP) is -0.171. The Kier molecular flexibility index (Phi) is 3.72. The van der Waals surface area contributed by atoms with Crippen molar-refractivity contribution in [3.8, 4) is 0 Å². The summed E-state index contributed by atoms with van der Waals surface area (Å²) in [7, 11) is 0. The number of hydrogen-bond acceptors (Lipinski definition) is 7. The average Bonchev–Trinajstić information content (AvgIpc) is 2.82. The normalized spacial score (nSPS) is 10.3. The largest absolute Gasteiger partial charge is 0.367 e. The number of rotatable bonds is 4. The van der Waals surface area contributed by atoms with Gasteiger partial charge in [-0.15, -0.1) is 5.10 Å². The summed E-state index contributed by atoms with van der Waals surface area (Å²) < 4.78 is 0. The van der Waals surface area contributed by atoms with Crippen molar-refractivity contribution in [2.75, 3.05) is 12.0 Å². The van der Waals surface area contributed by atoms with Gasteiger partial charge in [0.1, 0.15) is 5.82 Å². The zero-order valence-corrected chi connectivity index (χ0v) is 10.4. The average molecular weight is 265 g/mol. The lowest BCUT2D eigenvalue weighted by atomic mass is 10.3. The van der Waals surface area contributed by atoms with Crippen LogP contribution >= 0.6 is 11.8 Å². The fourth-order valence-electron chi connectivity index (χ4n) is 1.19. The highest BCUT2D eigenvalue weighted by Gasteiger charge is 2.08. The van der Waals surface area contributed by atoms with Crippen molar-refractivity contribution in [2.24, 2.45) is 0 Å². The lowest BCUT2D eigenvalue weighted by Crippen LogP contribution is -2.23. The first kappa shape index (κ1) is 12.3. The molecule has 2 heterocycles. The number of aromatic amines is 1. The Morgan fingerprint density at radius 1 is 1.50 bits per heavy atom. The third kappa shape index (κ3) is 2.94. The third-order valence-electron chi connectivity index (χ3n) is 2.04. The first-order valence-corrected chi connectivity index (χ1v) is 6.22. The van der Waals surface area contributed by atoms with Gasteiger partial charge in [-0.05, 0) is 6.26 Å². The summed E-state index contributed by atoms with van der Waals surface area (Å²) in [5.74, 6) is 0.354. The van der Waals surface area contributed by atoms with E-state index in [2.05, 4.69) is 30.5 Å². The van der Waals surface area contributed by atoms with Crippen molar-refractivity contribution >= 4 is 23.6 Å². The lowest BCUT2D eigenvalue weighted by Gasteiger charge is -2.02. The number of anilines is 1. The van der Waals surface area contributed by atoms with Crippen LogP contribution in [0.4, 0.5) is 5.95 Å². The summed E-state index contributed by atoms with van der Waals surface area (Å²) in [6, 6.07) is 0. The van der Waals surface area contributed by atoms with Crippen LogP contribution in [0.15, 0.2) is 17.6 Å². The summed E-state index contributed by atoms with van der Waals surface area (Å²) in [5, 5.41) is 9.52. The molecule has 0 aliphatic heterocycles. The highest BCUT2D eigenvalue weighted by molar-refractivity contribution is 7.98. The number of H-pyrrole nitrogens is 1. The van der Waals surface area contributed by atoms with Crippen molar-refractivity contribution in [3.63, 3.8) is 0 Å². The van der Waals surface area contributed by atoms with Crippen molar-refractivity contribution in [3.05, 3.63) is 23.8 Å². The Balaban J connectivity index is 1.94. The molecule has 0 saturated carbocycles. The van der Waals surface area contributed by atoms with E-state index in [9.17, 15) is 4.79 Å². The Bertz CT molecular complexity index is 538. The van der Waals surface area contributed by atoms with E-state index in [0.717, 1.165) is 0 Å².